The number of aryl methyl sites for hydroxylation is 1. The lowest BCUT2D eigenvalue weighted by Gasteiger charge is -2.21. The molecule has 17 heavy (non-hydrogen) atoms. The maximum absolute atomic E-state index is 6.01. The van der Waals surface area contributed by atoms with E-state index in [1.165, 1.54) is 0 Å². The number of nitrogen functional groups attached to an aromatic ring is 1. The SMILES string of the molecule is CCC(C)C(C)n1c(N)nc2cc(C)cnc21. The first-order chi connectivity index (χ1) is 8.04. The number of rotatable bonds is 3. The molecular weight excluding hydrogens is 212 g/mol. The van der Waals surface area contributed by atoms with Gasteiger partial charge in [0.1, 0.15) is 5.52 Å². The number of imidazole rings is 1. The average molecular weight is 232 g/mol. The van der Waals surface area contributed by atoms with E-state index in [0.29, 0.717) is 17.9 Å². The van der Waals surface area contributed by atoms with Crippen molar-refractivity contribution < 1.29 is 0 Å². The fourth-order valence-electron chi connectivity index (χ4n) is 2.10. The maximum Gasteiger partial charge on any atom is 0.202 e. The van der Waals surface area contributed by atoms with Gasteiger partial charge in [0.05, 0.1) is 0 Å². The Balaban J connectivity index is 2.57. The second-order valence-corrected chi connectivity index (χ2v) is 4.82. The van der Waals surface area contributed by atoms with E-state index in [2.05, 4.69) is 30.7 Å². The van der Waals surface area contributed by atoms with Crippen LogP contribution in [0.2, 0.25) is 0 Å². The lowest BCUT2D eigenvalue weighted by molar-refractivity contribution is 0.379. The molecule has 0 saturated heterocycles. The highest BCUT2D eigenvalue weighted by molar-refractivity contribution is 5.74. The Bertz CT molecular complexity index is 529. The molecule has 0 spiro atoms. The zero-order valence-electron chi connectivity index (χ0n) is 10.9. The van der Waals surface area contributed by atoms with Crippen LogP contribution < -0.4 is 5.73 Å². The molecule has 2 atom stereocenters. The molecule has 2 N–H and O–H groups in total. The Morgan fingerprint density at radius 2 is 2.12 bits per heavy atom. The summed E-state index contributed by atoms with van der Waals surface area (Å²) < 4.78 is 2.04. The highest BCUT2D eigenvalue weighted by atomic mass is 15.2. The maximum atomic E-state index is 6.01. The molecule has 0 aliphatic heterocycles. The topological polar surface area (TPSA) is 56.7 Å². The third kappa shape index (κ3) is 1.99. The highest BCUT2D eigenvalue weighted by Crippen LogP contribution is 2.27. The van der Waals surface area contributed by atoms with Crippen molar-refractivity contribution in [2.45, 2.75) is 40.2 Å². The van der Waals surface area contributed by atoms with Crippen molar-refractivity contribution in [2.24, 2.45) is 5.92 Å². The van der Waals surface area contributed by atoms with E-state index >= 15 is 0 Å². The number of nitrogens with two attached hydrogens (primary N) is 1. The number of anilines is 1. The Morgan fingerprint density at radius 1 is 1.41 bits per heavy atom. The lowest BCUT2D eigenvalue weighted by atomic mass is 10.0. The summed E-state index contributed by atoms with van der Waals surface area (Å²) in [6, 6.07) is 2.35. The van der Waals surface area contributed by atoms with Crippen LogP contribution in [0, 0.1) is 12.8 Å². The second-order valence-electron chi connectivity index (χ2n) is 4.82. The number of nitrogens with zero attached hydrogens (tertiary/aromatic N) is 3. The van der Waals surface area contributed by atoms with Gasteiger partial charge in [-0.3, -0.25) is 4.57 Å². The van der Waals surface area contributed by atoms with Crippen molar-refractivity contribution in [3.63, 3.8) is 0 Å². The molecule has 0 bridgehead atoms. The van der Waals surface area contributed by atoms with Crippen LogP contribution in [0.15, 0.2) is 12.3 Å². The normalized spacial score (nSPS) is 15.1. The van der Waals surface area contributed by atoms with Crippen molar-refractivity contribution in [3.05, 3.63) is 17.8 Å². The number of hydrogen-bond donors (Lipinski definition) is 1. The predicted octanol–water partition coefficient (Wildman–Crippen LogP) is 2.93. The molecule has 2 heterocycles. The van der Waals surface area contributed by atoms with Gasteiger partial charge in [-0.2, -0.15) is 0 Å². The number of fused-ring (bicyclic) bond motifs is 1. The van der Waals surface area contributed by atoms with E-state index < -0.39 is 0 Å². The summed E-state index contributed by atoms with van der Waals surface area (Å²) in [7, 11) is 0. The molecule has 0 amide bonds. The molecule has 0 radical (unpaired) electrons. The molecule has 92 valence electrons. The molecule has 0 aromatic carbocycles. The van der Waals surface area contributed by atoms with E-state index in [1.54, 1.807) is 0 Å². The minimum atomic E-state index is 0.320. The van der Waals surface area contributed by atoms with Crippen molar-refractivity contribution in [1.82, 2.24) is 14.5 Å². The van der Waals surface area contributed by atoms with E-state index in [0.717, 1.165) is 23.1 Å². The van der Waals surface area contributed by atoms with Gasteiger partial charge in [-0.15, -0.1) is 0 Å². The summed E-state index contributed by atoms with van der Waals surface area (Å²) in [5.74, 6) is 1.11. The fourth-order valence-corrected chi connectivity index (χ4v) is 2.10. The third-order valence-electron chi connectivity index (χ3n) is 3.57. The predicted molar refractivity (Wildman–Crippen MR) is 70.8 cm³/mol. The van der Waals surface area contributed by atoms with E-state index in [9.17, 15) is 0 Å². The molecule has 2 aromatic rings. The third-order valence-corrected chi connectivity index (χ3v) is 3.57. The number of aromatic nitrogens is 3. The summed E-state index contributed by atoms with van der Waals surface area (Å²) in [6.45, 7) is 8.60. The second kappa shape index (κ2) is 4.35. The van der Waals surface area contributed by atoms with Gasteiger partial charge in [-0.1, -0.05) is 20.3 Å². The van der Waals surface area contributed by atoms with Crippen molar-refractivity contribution in [3.8, 4) is 0 Å². The van der Waals surface area contributed by atoms with E-state index in [1.807, 2.05) is 23.8 Å². The standard InChI is InChI=1S/C13H20N4/c1-5-9(3)10(4)17-12-11(16-13(17)14)6-8(2)7-15-12/h6-7,9-10H,5H2,1-4H3,(H2,14,16). The summed E-state index contributed by atoms with van der Waals surface area (Å²) in [6.07, 6.45) is 2.98. The molecule has 2 aromatic heterocycles. The van der Waals surface area contributed by atoms with Gasteiger partial charge in [-0.05, 0) is 31.4 Å². The first kappa shape index (κ1) is 11.9. The van der Waals surface area contributed by atoms with E-state index in [4.69, 9.17) is 5.73 Å². The van der Waals surface area contributed by atoms with Gasteiger partial charge < -0.3 is 5.73 Å². The first-order valence-electron chi connectivity index (χ1n) is 6.14. The monoisotopic (exact) mass is 232 g/mol. The zero-order valence-corrected chi connectivity index (χ0v) is 10.9. The van der Waals surface area contributed by atoms with Crippen LogP contribution in [0.5, 0.6) is 0 Å². The molecule has 2 rings (SSSR count). The van der Waals surface area contributed by atoms with Crippen molar-refractivity contribution in [2.75, 3.05) is 5.73 Å². The van der Waals surface area contributed by atoms with E-state index in [-0.39, 0.29) is 0 Å². The number of pyridine rings is 1. The molecule has 0 fully saturated rings. The molecule has 4 heteroatoms. The molecule has 0 aliphatic carbocycles. The summed E-state index contributed by atoms with van der Waals surface area (Å²) in [5.41, 5.74) is 8.89. The number of hydrogen-bond acceptors (Lipinski definition) is 3. The van der Waals surface area contributed by atoms with Gasteiger partial charge >= 0.3 is 0 Å². The van der Waals surface area contributed by atoms with Crippen LogP contribution >= 0.6 is 0 Å². The van der Waals surface area contributed by atoms with Crippen LogP contribution in [-0.2, 0) is 0 Å². The van der Waals surface area contributed by atoms with Crippen LogP contribution in [0.4, 0.5) is 5.95 Å². The molecule has 4 nitrogen and oxygen atoms in total. The van der Waals surface area contributed by atoms with Crippen LogP contribution in [0.25, 0.3) is 11.2 Å². The van der Waals surface area contributed by atoms with Gasteiger partial charge in [0, 0.05) is 12.2 Å². The van der Waals surface area contributed by atoms with Crippen LogP contribution in [-0.4, -0.2) is 14.5 Å². The summed E-state index contributed by atoms with van der Waals surface area (Å²) >= 11 is 0. The summed E-state index contributed by atoms with van der Waals surface area (Å²) in [5, 5.41) is 0. The quantitative estimate of drug-likeness (QED) is 0.885. The van der Waals surface area contributed by atoms with Gasteiger partial charge in [0.2, 0.25) is 5.95 Å². The Labute approximate surface area is 102 Å². The Hall–Kier alpha value is -1.58. The Kier molecular flexibility index (Phi) is 3.05. The van der Waals surface area contributed by atoms with Crippen LogP contribution in [0.3, 0.4) is 0 Å². The smallest absolute Gasteiger partial charge is 0.202 e. The molecular formula is C13H20N4. The van der Waals surface area contributed by atoms with Gasteiger partial charge in [-0.25, -0.2) is 9.97 Å². The van der Waals surface area contributed by atoms with Crippen LogP contribution in [0.1, 0.15) is 38.8 Å². The largest absolute Gasteiger partial charge is 0.369 e. The minimum Gasteiger partial charge on any atom is -0.369 e. The average Bonchev–Trinajstić information content (AvgIpc) is 2.62. The zero-order chi connectivity index (χ0) is 12.6. The van der Waals surface area contributed by atoms with Crippen molar-refractivity contribution in [1.29, 1.82) is 0 Å². The van der Waals surface area contributed by atoms with Gasteiger partial charge in [0.25, 0.3) is 0 Å². The lowest BCUT2D eigenvalue weighted by Crippen LogP contribution is -2.16. The van der Waals surface area contributed by atoms with Crippen molar-refractivity contribution >= 4 is 17.1 Å². The fraction of sp³-hybridized carbons (Fsp3) is 0.538. The summed E-state index contributed by atoms with van der Waals surface area (Å²) in [4.78, 5) is 8.85. The molecule has 2 unspecified atom stereocenters. The molecule has 0 saturated carbocycles. The van der Waals surface area contributed by atoms with Gasteiger partial charge in [0.15, 0.2) is 5.65 Å². The first-order valence-corrected chi connectivity index (χ1v) is 6.14. The minimum absolute atomic E-state index is 0.320. The highest BCUT2D eigenvalue weighted by Gasteiger charge is 2.19. The Morgan fingerprint density at radius 3 is 2.76 bits per heavy atom. The molecule has 0 aliphatic rings.